The van der Waals surface area contributed by atoms with Gasteiger partial charge in [-0.05, 0) is 56.2 Å². The number of nitrogens with zero attached hydrogens (tertiary/aromatic N) is 2. The van der Waals surface area contributed by atoms with Crippen LogP contribution in [0.3, 0.4) is 0 Å². The molecule has 0 aliphatic heterocycles. The molecule has 6 heteroatoms. The van der Waals surface area contributed by atoms with Crippen molar-refractivity contribution in [1.29, 1.82) is 0 Å². The maximum absolute atomic E-state index is 5.78. The topological polar surface area (TPSA) is 85.1 Å². The summed E-state index contributed by atoms with van der Waals surface area (Å²) in [6, 6.07) is 8.08. The average molecular weight is 343 g/mol. The molecule has 0 unspecified atom stereocenters. The standard InChI is InChI=1S/C19H29N5O/c1-25-11-10-21-18-16-4-2-3-5-17(16)23-19(24-18)22-13-15-8-6-14(12-20)7-9-15/h2-5,14-15H,6-13,20H2,1H3,(H2,21,22,23,24). The van der Waals surface area contributed by atoms with Gasteiger partial charge in [-0.25, -0.2) is 4.98 Å². The van der Waals surface area contributed by atoms with E-state index < -0.39 is 0 Å². The summed E-state index contributed by atoms with van der Waals surface area (Å²) in [6.07, 6.45) is 4.96. The van der Waals surface area contributed by atoms with E-state index in [0.717, 1.165) is 36.4 Å². The van der Waals surface area contributed by atoms with Gasteiger partial charge in [0.05, 0.1) is 12.1 Å². The van der Waals surface area contributed by atoms with Gasteiger partial charge in [0.25, 0.3) is 0 Å². The molecule has 25 heavy (non-hydrogen) atoms. The first-order chi connectivity index (χ1) is 12.3. The van der Waals surface area contributed by atoms with Crippen LogP contribution in [0.25, 0.3) is 10.9 Å². The predicted molar refractivity (Wildman–Crippen MR) is 103 cm³/mol. The monoisotopic (exact) mass is 343 g/mol. The second-order valence-corrected chi connectivity index (χ2v) is 6.84. The van der Waals surface area contributed by atoms with E-state index in [4.69, 9.17) is 10.5 Å². The number of nitrogens with one attached hydrogen (secondary N) is 2. The van der Waals surface area contributed by atoms with E-state index >= 15 is 0 Å². The van der Waals surface area contributed by atoms with Gasteiger partial charge in [0.15, 0.2) is 0 Å². The molecule has 1 aliphatic rings. The van der Waals surface area contributed by atoms with E-state index in [1.165, 1.54) is 25.7 Å². The molecule has 3 rings (SSSR count). The Morgan fingerprint density at radius 3 is 2.60 bits per heavy atom. The Morgan fingerprint density at radius 2 is 1.84 bits per heavy atom. The van der Waals surface area contributed by atoms with Gasteiger partial charge in [-0.15, -0.1) is 0 Å². The fourth-order valence-electron chi connectivity index (χ4n) is 3.47. The van der Waals surface area contributed by atoms with Crippen molar-refractivity contribution in [2.75, 3.05) is 44.0 Å². The molecule has 0 bridgehead atoms. The van der Waals surface area contributed by atoms with Crippen molar-refractivity contribution >= 4 is 22.7 Å². The molecule has 1 aliphatic carbocycles. The lowest BCUT2D eigenvalue weighted by atomic mass is 9.82. The third-order valence-electron chi connectivity index (χ3n) is 5.05. The smallest absolute Gasteiger partial charge is 0.225 e. The van der Waals surface area contributed by atoms with Crippen LogP contribution in [0, 0.1) is 11.8 Å². The summed E-state index contributed by atoms with van der Waals surface area (Å²) in [5.74, 6) is 2.95. The van der Waals surface area contributed by atoms with E-state index in [9.17, 15) is 0 Å². The largest absolute Gasteiger partial charge is 0.383 e. The second-order valence-electron chi connectivity index (χ2n) is 6.84. The van der Waals surface area contributed by atoms with Crippen molar-refractivity contribution in [2.24, 2.45) is 17.6 Å². The molecule has 136 valence electrons. The normalized spacial score (nSPS) is 20.6. The van der Waals surface area contributed by atoms with Crippen molar-refractivity contribution in [2.45, 2.75) is 25.7 Å². The predicted octanol–water partition coefficient (Wildman–Crippen LogP) is 2.87. The molecule has 0 amide bonds. The average Bonchev–Trinajstić information content (AvgIpc) is 2.67. The van der Waals surface area contributed by atoms with Crippen LogP contribution in [0.1, 0.15) is 25.7 Å². The molecule has 1 heterocycles. The number of benzene rings is 1. The van der Waals surface area contributed by atoms with E-state index in [-0.39, 0.29) is 0 Å². The number of aromatic nitrogens is 2. The molecular formula is C19H29N5O. The van der Waals surface area contributed by atoms with Gasteiger partial charge in [-0.3, -0.25) is 0 Å². The SMILES string of the molecule is COCCNc1nc(NCC2CCC(CN)CC2)nc2ccccc12. The third kappa shape index (κ3) is 4.80. The molecule has 1 saturated carbocycles. The lowest BCUT2D eigenvalue weighted by molar-refractivity contribution is 0.210. The van der Waals surface area contributed by atoms with Crippen LogP contribution < -0.4 is 16.4 Å². The summed E-state index contributed by atoms with van der Waals surface area (Å²) in [4.78, 5) is 9.35. The lowest BCUT2D eigenvalue weighted by Crippen LogP contribution is -2.25. The van der Waals surface area contributed by atoms with Crippen LogP contribution >= 0.6 is 0 Å². The zero-order valence-electron chi connectivity index (χ0n) is 15.0. The van der Waals surface area contributed by atoms with Gasteiger partial charge in [0.2, 0.25) is 5.95 Å². The van der Waals surface area contributed by atoms with Gasteiger partial charge in [0, 0.05) is 25.6 Å². The molecule has 6 nitrogen and oxygen atoms in total. The quantitative estimate of drug-likeness (QED) is 0.639. The fraction of sp³-hybridized carbons (Fsp3) is 0.579. The molecule has 4 N–H and O–H groups in total. The molecule has 2 aromatic rings. The van der Waals surface area contributed by atoms with E-state index in [1.54, 1.807) is 7.11 Å². The number of fused-ring (bicyclic) bond motifs is 1. The van der Waals surface area contributed by atoms with Gasteiger partial charge >= 0.3 is 0 Å². The highest BCUT2D eigenvalue weighted by Crippen LogP contribution is 2.28. The Bertz CT molecular complexity index is 670. The van der Waals surface area contributed by atoms with Crippen LogP contribution in [-0.2, 0) is 4.74 Å². The minimum absolute atomic E-state index is 0.644. The van der Waals surface area contributed by atoms with Crippen LogP contribution in [0.2, 0.25) is 0 Å². The Kier molecular flexibility index (Phi) is 6.42. The van der Waals surface area contributed by atoms with Crippen LogP contribution in [0.15, 0.2) is 24.3 Å². The molecule has 0 spiro atoms. The van der Waals surface area contributed by atoms with Crippen LogP contribution in [0.4, 0.5) is 11.8 Å². The third-order valence-corrected chi connectivity index (χ3v) is 5.05. The number of para-hydroxylation sites is 1. The molecule has 0 radical (unpaired) electrons. The van der Waals surface area contributed by atoms with Crippen molar-refractivity contribution in [1.82, 2.24) is 9.97 Å². The molecular weight excluding hydrogens is 314 g/mol. The fourth-order valence-corrected chi connectivity index (χ4v) is 3.47. The first kappa shape index (κ1) is 17.9. The number of ether oxygens (including phenoxy) is 1. The highest BCUT2D eigenvalue weighted by molar-refractivity contribution is 5.89. The zero-order valence-corrected chi connectivity index (χ0v) is 15.0. The van der Waals surface area contributed by atoms with Gasteiger partial charge < -0.3 is 21.1 Å². The van der Waals surface area contributed by atoms with E-state index in [1.807, 2.05) is 24.3 Å². The molecule has 1 aromatic carbocycles. The van der Waals surface area contributed by atoms with Gasteiger partial charge in [0.1, 0.15) is 5.82 Å². The second kappa shape index (κ2) is 8.97. The minimum atomic E-state index is 0.644. The summed E-state index contributed by atoms with van der Waals surface area (Å²) in [6.45, 7) is 3.11. The van der Waals surface area contributed by atoms with Crippen LogP contribution in [-0.4, -0.2) is 43.3 Å². The Balaban J connectivity index is 1.66. The first-order valence-corrected chi connectivity index (χ1v) is 9.23. The van der Waals surface area contributed by atoms with Gasteiger partial charge in [-0.1, -0.05) is 12.1 Å². The minimum Gasteiger partial charge on any atom is -0.383 e. The number of hydrogen-bond acceptors (Lipinski definition) is 6. The van der Waals surface area contributed by atoms with Crippen molar-refractivity contribution in [3.05, 3.63) is 24.3 Å². The summed E-state index contributed by atoms with van der Waals surface area (Å²) in [7, 11) is 1.70. The Hall–Kier alpha value is -1.92. The number of rotatable bonds is 8. The first-order valence-electron chi connectivity index (χ1n) is 9.23. The molecule has 1 fully saturated rings. The van der Waals surface area contributed by atoms with Gasteiger partial charge in [-0.2, -0.15) is 4.98 Å². The Morgan fingerprint density at radius 1 is 1.08 bits per heavy atom. The highest BCUT2D eigenvalue weighted by atomic mass is 16.5. The molecule has 0 saturated heterocycles. The summed E-state index contributed by atoms with van der Waals surface area (Å²) >= 11 is 0. The number of hydrogen-bond donors (Lipinski definition) is 3. The number of anilines is 2. The lowest BCUT2D eigenvalue weighted by Gasteiger charge is -2.27. The Labute approximate surface area is 149 Å². The summed E-state index contributed by atoms with van der Waals surface area (Å²) in [5, 5.41) is 7.83. The summed E-state index contributed by atoms with van der Waals surface area (Å²) in [5.41, 5.74) is 6.73. The van der Waals surface area contributed by atoms with Crippen molar-refractivity contribution in [3.8, 4) is 0 Å². The molecule has 0 atom stereocenters. The van der Waals surface area contributed by atoms with Crippen LogP contribution in [0.5, 0.6) is 0 Å². The summed E-state index contributed by atoms with van der Waals surface area (Å²) < 4.78 is 5.12. The van der Waals surface area contributed by atoms with Crippen molar-refractivity contribution < 1.29 is 4.74 Å². The maximum atomic E-state index is 5.78. The maximum Gasteiger partial charge on any atom is 0.225 e. The van der Waals surface area contributed by atoms with E-state index in [0.29, 0.717) is 24.4 Å². The van der Waals surface area contributed by atoms with E-state index in [2.05, 4.69) is 20.6 Å². The number of methoxy groups -OCH3 is 1. The number of nitrogens with two attached hydrogens (primary N) is 1. The highest BCUT2D eigenvalue weighted by Gasteiger charge is 2.20. The zero-order chi connectivity index (χ0) is 17.5. The van der Waals surface area contributed by atoms with Crippen molar-refractivity contribution in [3.63, 3.8) is 0 Å². The molecule has 1 aromatic heterocycles.